The molecule has 0 saturated heterocycles. The average Bonchev–Trinajstić information content (AvgIpc) is 2.31. The van der Waals surface area contributed by atoms with Crippen molar-refractivity contribution in [2.24, 2.45) is 0 Å². The van der Waals surface area contributed by atoms with E-state index < -0.39 is 31.0 Å². The predicted molar refractivity (Wildman–Crippen MR) is 58.9 cm³/mol. The molecular weight excluding hydrogens is 214 g/mol. The lowest BCUT2D eigenvalue weighted by atomic mass is 10.0. The van der Waals surface area contributed by atoms with Crippen LogP contribution in [-0.4, -0.2) is 69.6 Å². The van der Waals surface area contributed by atoms with Crippen molar-refractivity contribution < 1.29 is 25.5 Å². The van der Waals surface area contributed by atoms with Gasteiger partial charge in [0.25, 0.3) is 0 Å². The lowest BCUT2D eigenvalue weighted by Crippen LogP contribution is -2.49. The Morgan fingerprint density at radius 3 is 2.06 bits per heavy atom. The van der Waals surface area contributed by atoms with E-state index in [1.165, 1.54) is 0 Å². The van der Waals surface area contributed by atoms with E-state index in [1.807, 2.05) is 6.92 Å². The molecule has 6 nitrogen and oxygen atoms in total. The van der Waals surface area contributed by atoms with Gasteiger partial charge in [0, 0.05) is 6.54 Å². The summed E-state index contributed by atoms with van der Waals surface area (Å²) in [5, 5.41) is 48.8. The number of aliphatic hydroxyl groups is 5. The molecule has 0 bridgehead atoms. The molecule has 0 saturated carbocycles. The molecule has 98 valence electrons. The molecule has 0 aliphatic heterocycles. The zero-order valence-corrected chi connectivity index (χ0v) is 9.58. The fourth-order valence-corrected chi connectivity index (χ4v) is 1.24. The van der Waals surface area contributed by atoms with Gasteiger partial charge < -0.3 is 30.8 Å². The summed E-state index contributed by atoms with van der Waals surface area (Å²) >= 11 is 0. The summed E-state index contributed by atoms with van der Waals surface area (Å²) in [6.45, 7) is 2.23. The van der Waals surface area contributed by atoms with E-state index in [1.54, 1.807) is 0 Å². The minimum absolute atomic E-state index is 0.135. The highest BCUT2D eigenvalue weighted by atomic mass is 16.4. The van der Waals surface area contributed by atoms with Gasteiger partial charge in [0.15, 0.2) is 0 Å². The number of hydrogen-bond acceptors (Lipinski definition) is 6. The summed E-state index contributed by atoms with van der Waals surface area (Å²) in [4.78, 5) is 0. The fraction of sp³-hybridized carbons (Fsp3) is 1.00. The lowest BCUT2D eigenvalue weighted by molar-refractivity contribution is -0.113. The fourth-order valence-electron chi connectivity index (χ4n) is 1.24. The van der Waals surface area contributed by atoms with Crippen LogP contribution in [0.25, 0.3) is 0 Å². The molecule has 6 N–H and O–H groups in total. The van der Waals surface area contributed by atoms with E-state index in [0.717, 1.165) is 19.4 Å². The third-order valence-electron chi connectivity index (χ3n) is 2.39. The predicted octanol–water partition coefficient (Wildman–Crippen LogP) is -2.19. The second kappa shape index (κ2) is 8.86. The van der Waals surface area contributed by atoms with Crippen LogP contribution in [0.3, 0.4) is 0 Å². The van der Waals surface area contributed by atoms with E-state index >= 15 is 0 Å². The van der Waals surface area contributed by atoms with Crippen molar-refractivity contribution in [2.45, 2.75) is 44.2 Å². The van der Waals surface area contributed by atoms with Crippen LogP contribution in [0.5, 0.6) is 0 Å². The van der Waals surface area contributed by atoms with Gasteiger partial charge in [0.1, 0.15) is 18.3 Å². The van der Waals surface area contributed by atoms with Crippen molar-refractivity contribution in [1.29, 1.82) is 0 Å². The Kier molecular flexibility index (Phi) is 8.73. The van der Waals surface area contributed by atoms with Crippen LogP contribution < -0.4 is 5.32 Å². The number of unbranched alkanes of at least 4 members (excludes halogenated alkanes) is 1. The van der Waals surface area contributed by atoms with Crippen LogP contribution in [0.1, 0.15) is 19.8 Å². The summed E-state index contributed by atoms with van der Waals surface area (Å²) in [7, 11) is 0. The van der Waals surface area contributed by atoms with Crippen LogP contribution in [0, 0.1) is 0 Å². The molecule has 0 aliphatic rings. The molecule has 6 heteroatoms. The molecule has 0 heterocycles. The van der Waals surface area contributed by atoms with E-state index in [2.05, 4.69) is 5.32 Å². The zero-order chi connectivity index (χ0) is 12.6. The lowest BCUT2D eigenvalue weighted by Gasteiger charge is -2.25. The van der Waals surface area contributed by atoms with Gasteiger partial charge in [-0.2, -0.15) is 0 Å². The van der Waals surface area contributed by atoms with Gasteiger partial charge in [-0.25, -0.2) is 0 Å². The van der Waals surface area contributed by atoms with Crippen molar-refractivity contribution in [3.05, 3.63) is 0 Å². The van der Waals surface area contributed by atoms with Gasteiger partial charge in [-0.15, -0.1) is 0 Å². The first-order valence-corrected chi connectivity index (χ1v) is 5.58. The quantitative estimate of drug-likeness (QED) is 0.254. The van der Waals surface area contributed by atoms with Crippen LogP contribution >= 0.6 is 0 Å². The molecule has 0 fully saturated rings. The van der Waals surface area contributed by atoms with E-state index in [4.69, 9.17) is 10.2 Å². The highest BCUT2D eigenvalue weighted by Gasteiger charge is 2.29. The Balaban J connectivity index is 3.83. The van der Waals surface area contributed by atoms with Gasteiger partial charge in [0.05, 0.1) is 12.7 Å². The first-order chi connectivity index (χ1) is 7.54. The van der Waals surface area contributed by atoms with Crippen molar-refractivity contribution in [1.82, 2.24) is 5.32 Å². The largest absolute Gasteiger partial charge is 0.394 e. The Morgan fingerprint density at radius 2 is 1.56 bits per heavy atom. The second-order valence-electron chi connectivity index (χ2n) is 3.86. The van der Waals surface area contributed by atoms with Gasteiger partial charge >= 0.3 is 0 Å². The first kappa shape index (κ1) is 15.8. The smallest absolute Gasteiger partial charge is 0.111 e. The maximum absolute atomic E-state index is 9.47. The molecule has 0 aliphatic carbocycles. The normalized spacial score (nSPS) is 19.1. The molecule has 0 spiro atoms. The van der Waals surface area contributed by atoms with E-state index in [0.29, 0.717) is 0 Å². The SMILES string of the molecule is CCCCNC[C@H](O)[C@@H](O)[C@@H](O)[C@H](O)CO. The Bertz CT molecular complexity index is 169. The Labute approximate surface area is 95.5 Å². The highest BCUT2D eigenvalue weighted by Crippen LogP contribution is 2.04. The molecule has 0 aromatic carbocycles. The van der Waals surface area contributed by atoms with E-state index in [9.17, 15) is 15.3 Å². The third kappa shape index (κ3) is 5.74. The number of nitrogens with one attached hydrogen (secondary N) is 1. The maximum atomic E-state index is 9.47. The summed E-state index contributed by atoms with van der Waals surface area (Å²) in [5.74, 6) is 0. The minimum Gasteiger partial charge on any atom is -0.394 e. The molecule has 0 radical (unpaired) electrons. The molecule has 0 amide bonds. The van der Waals surface area contributed by atoms with Gasteiger partial charge in [-0.1, -0.05) is 13.3 Å². The molecule has 0 aromatic rings. The van der Waals surface area contributed by atoms with Crippen molar-refractivity contribution in [3.8, 4) is 0 Å². The third-order valence-corrected chi connectivity index (χ3v) is 2.39. The molecule has 0 unspecified atom stereocenters. The van der Waals surface area contributed by atoms with Crippen molar-refractivity contribution >= 4 is 0 Å². The second-order valence-corrected chi connectivity index (χ2v) is 3.86. The van der Waals surface area contributed by atoms with Gasteiger partial charge in [-0.3, -0.25) is 0 Å². The van der Waals surface area contributed by atoms with Crippen LogP contribution in [0.4, 0.5) is 0 Å². The molecule has 0 rings (SSSR count). The maximum Gasteiger partial charge on any atom is 0.111 e. The minimum atomic E-state index is -1.55. The molecule has 0 aromatic heterocycles. The summed E-state index contributed by atoms with van der Waals surface area (Å²) in [5.41, 5.74) is 0. The van der Waals surface area contributed by atoms with Gasteiger partial charge in [0.2, 0.25) is 0 Å². The number of rotatable bonds is 9. The topological polar surface area (TPSA) is 113 Å². The average molecular weight is 237 g/mol. The number of aliphatic hydroxyl groups excluding tert-OH is 5. The molecule has 16 heavy (non-hydrogen) atoms. The zero-order valence-electron chi connectivity index (χ0n) is 9.58. The highest BCUT2D eigenvalue weighted by molar-refractivity contribution is 4.81. The summed E-state index contributed by atoms with van der Waals surface area (Å²) in [6, 6.07) is 0. The van der Waals surface area contributed by atoms with E-state index in [-0.39, 0.29) is 6.54 Å². The van der Waals surface area contributed by atoms with Crippen molar-refractivity contribution in [3.63, 3.8) is 0 Å². The van der Waals surface area contributed by atoms with Crippen molar-refractivity contribution in [2.75, 3.05) is 19.7 Å². The van der Waals surface area contributed by atoms with Crippen LogP contribution in [0.2, 0.25) is 0 Å². The molecule has 4 atom stereocenters. The Hall–Kier alpha value is -0.240. The first-order valence-electron chi connectivity index (χ1n) is 5.58. The summed E-state index contributed by atoms with van der Waals surface area (Å²) in [6.07, 6.45) is -3.65. The Morgan fingerprint density at radius 1 is 1.00 bits per heavy atom. The van der Waals surface area contributed by atoms with Gasteiger partial charge in [-0.05, 0) is 13.0 Å². The summed E-state index contributed by atoms with van der Waals surface area (Å²) < 4.78 is 0. The standard InChI is InChI=1S/C10H23NO5/c1-2-3-4-11-5-7(13)9(15)10(16)8(14)6-12/h7-16H,2-6H2,1H3/t7-,8+,9+,10-/m0/s1. The number of hydrogen-bond donors (Lipinski definition) is 6. The van der Waals surface area contributed by atoms with Crippen LogP contribution in [0.15, 0.2) is 0 Å². The monoisotopic (exact) mass is 237 g/mol. The molecular formula is C10H23NO5. The van der Waals surface area contributed by atoms with Crippen LogP contribution in [-0.2, 0) is 0 Å².